The maximum Gasteiger partial charge on any atom is 0.0230 e. The predicted octanol–water partition coefficient (Wildman–Crippen LogP) is 8.91. The Balaban J connectivity index is 1.74. The summed E-state index contributed by atoms with van der Waals surface area (Å²) in [7, 11) is 0. The van der Waals surface area contributed by atoms with Crippen molar-refractivity contribution in [2.45, 2.75) is 0 Å². The van der Waals surface area contributed by atoms with E-state index in [0.29, 0.717) is 0 Å². The molecule has 164 valence electrons. The average molecular weight is 473 g/mol. The molecule has 0 fully saturated rings. The summed E-state index contributed by atoms with van der Waals surface area (Å²) in [6.07, 6.45) is 0. The molecule has 4 aromatic carbocycles. The fraction of sp³-hybridized carbons (Fsp3) is 0.0625. The third kappa shape index (κ3) is 3.87. The largest absolute Gasteiger partial charge is 0.124 e. The lowest BCUT2D eigenvalue weighted by Gasteiger charge is -2.37. The molecule has 0 saturated heterocycles. The summed E-state index contributed by atoms with van der Waals surface area (Å²) >= 11 is 3.99. The molecule has 0 spiro atoms. The van der Waals surface area contributed by atoms with E-state index in [2.05, 4.69) is 121 Å². The van der Waals surface area contributed by atoms with Gasteiger partial charge in [-0.3, -0.25) is 0 Å². The average Bonchev–Trinajstić information content (AvgIpc) is 2.89. The van der Waals surface area contributed by atoms with Crippen molar-refractivity contribution in [2.24, 2.45) is 0 Å². The highest BCUT2D eigenvalue weighted by molar-refractivity contribution is 8.12. The van der Waals surface area contributed by atoms with Gasteiger partial charge in [-0.15, -0.1) is 23.5 Å². The van der Waals surface area contributed by atoms with Crippen LogP contribution in [0.15, 0.2) is 132 Å². The third-order valence-electron chi connectivity index (χ3n) is 6.23. The maximum atomic E-state index is 2.26. The van der Waals surface area contributed by atoms with E-state index in [1.165, 1.54) is 54.4 Å². The van der Waals surface area contributed by atoms with Gasteiger partial charge in [0, 0.05) is 32.5 Å². The molecule has 0 N–H and O–H groups in total. The summed E-state index contributed by atoms with van der Waals surface area (Å²) in [5, 5.41) is 0. The molecule has 0 atom stereocenters. The van der Waals surface area contributed by atoms with Crippen molar-refractivity contribution < 1.29 is 0 Å². The zero-order valence-corrected chi connectivity index (χ0v) is 20.4. The standard InChI is InChI=1S/C32H24S2/c1-5-13-23(14-6-1)27-28(24-15-7-2-8-16-24)30-29(27)31(25-17-9-3-10-18-25)33-21-22-34-32(30)26-19-11-4-12-20-26/h1-20H,21-22H2/b31-29-,32-30-. The molecule has 4 aromatic rings. The van der Waals surface area contributed by atoms with Gasteiger partial charge in [-0.1, -0.05) is 121 Å². The Morgan fingerprint density at radius 1 is 0.324 bits per heavy atom. The quantitative estimate of drug-likeness (QED) is 0.291. The topological polar surface area (TPSA) is 0 Å². The number of fused-ring (bicyclic) bond motifs is 1. The van der Waals surface area contributed by atoms with Crippen LogP contribution in [0.5, 0.6) is 0 Å². The van der Waals surface area contributed by atoms with Crippen LogP contribution in [-0.2, 0) is 0 Å². The lowest BCUT2D eigenvalue weighted by atomic mass is 9.70. The molecule has 1 aliphatic heterocycles. The van der Waals surface area contributed by atoms with Gasteiger partial charge in [-0.05, 0) is 33.4 Å². The van der Waals surface area contributed by atoms with Gasteiger partial charge in [-0.2, -0.15) is 0 Å². The molecule has 0 radical (unpaired) electrons. The lowest BCUT2D eigenvalue weighted by molar-refractivity contribution is 1.43. The van der Waals surface area contributed by atoms with Crippen LogP contribution >= 0.6 is 23.5 Å². The minimum Gasteiger partial charge on any atom is -0.124 e. The molecular weight excluding hydrogens is 448 g/mol. The minimum absolute atomic E-state index is 1.09. The van der Waals surface area contributed by atoms with Gasteiger partial charge >= 0.3 is 0 Å². The molecule has 2 aliphatic rings. The number of hydrogen-bond donors (Lipinski definition) is 0. The highest BCUT2D eigenvalue weighted by Crippen LogP contribution is 2.60. The molecule has 0 bridgehead atoms. The fourth-order valence-electron chi connectivity index (χ4n) is 4.74. The second-order valence-corrected chi connectivity index (χ2v) is 10.5. The van der Waals surface area contributed by atoms with Crippen LogP contribution < -0.4 is 0 Å². The molecule has 6 rings (SSSR count). The Labute approximate surface area is 210 Å². The predicted molar refractivity (Wildman–Crippen MR) is 151 cm³/mol. The second-order valence-electron chi connectivity index (χ2n) is 8.32. The highest BCUT2D eigenvalue weighted by Gasteiger charge is 2.37. The van der Waals surface area contributed by atoms with Crippen LogP contribution in [0.25, 0.3) is 21.0 Å². The molecule has 0 saturated carbocycles. The first-order valence-electron chi connectivity index (χ1n) is 11.6. The Kier molecular flexibility index (Phi) is 6.01. The summed E-state index contributed by atoms with van der Waals surface area (Å²) < 4.78 is 0. The first-order valence-corrected chi connectivity index (χ1v) is 13.6. The van der Waals surface area contributed by atoms with Gasteiger partial charge in [-0.25, -0.2) is 0 Å². The van der Waals surface area contributed by atoms with Crippen LogP contribution in [0.3, 0.4) is 0 Å². The van der Waals surface area contributed by atoms with E-state index < -0.39 is 0 Å². The van der Waals surface area contributed by atoms with Gasteiger partial charge in [0.15, 0.2) is 0 Å². The summed E-state index contributed by atoms with van der Waals surface area (Å²) in [5.74, 6) is 2.18. The number of hydrogen-bond acceptors (Lipinski definition) is 2. The van der Waals surface area contributed by atoms with E-state index in [-0.39, 0.29) is 0 Å². The normalized spacial score (nSPS) is 20.2. The minimum atomic E-state index is 1.09. The molecule has 1 aliphatic carbocycles. The second kappa shape index (κ2) is 9.58. The molecule has 1 heterocycles. The van der Waals surface area contributed by atoms with E-state index in [9.17, 15) is 0 Å². The smallest absolute Gasteiger partial charge is 0.0230 e. The van der Waals surface area contributed by atoms with Gasteiger partial charge in [0.2, 0.25) is 0 Å². The number of thioether (sulfide) groups is 2. The lowest BCUT2D eigenvalue weighted by Crippen LogP contribution is -2.16. The molecule has 34 heavy (non-hydrogen) atoms. The summed E-state index contributed by atoms with van der Waals surface area (Å²) in [4.78, 5) is 2.78. The first-order chi connectivity index (χ1) is 16.9. The van der Waals surface area contributed by atoms with Gasteiger partial charge < -0.3 is 0 Å². The monoisotopic (exact) mass is 472 g/mol. The number of benzene rings is 4. The van der Waals surface area contributed by atoms with Crippen molar-refractivity contribution >= 4 is 44.5 Å². The van der Waals surface area contributed by atoms with Gasteiger partial charge in [0.1, 0.15) is 0 Å². The highest BCUT2D eigenvalue weighted by atomic mass is 32.2. The summed E-state index contributed by atoms with van der Waals surface area (Å²) in [6, 6.07) is 43.7. The summed E-state index contributed by atoms with van der Waals surface area (Å²) in [6.45, 7) is 0. The van der Waals surface area contributed by atoms with Crippen LogP contribution in [0.2, 0.25) is 0 Å². The SMILES string of the molecule is c1ccc(C2=C(c3ccccc3)C3=C(\c4ccccc4)SCCS/C(c4ccccc4)=C2\3)cc1. The third-order valence-corrected chi connectivity index (χ3v) is 8.76. The summed E-state index contributed by atoms with van der Waals surface area (Å²) in [5.41, 5.74) is 10.7. The fourth-order valence-corrected chi connectivity index (χ4v) is 7.12. The Morgan fingerprint density at radius 3 is 0.941 bits per heavy atom. The molecule has 0 nitrogen and oxygen atoms in total. The molecule has 0 aromatic heterocycles. The van der Waals surface area contributed by atoms with Crippen molar-refractivity contribution in [3.05, 3.63) is 155 Å². The Morgan fingerprint density at radius 2 is 0.618 bits per heavy atom. The number of rotatable bonds is 4. The zero-order valence-electron chi connectivity index (χ0n) is 18.8. The van der Waals surface area contributed by atoms with Crippen LogP contribution in [0.4, 0.5) is 0 Å². The van der Waals surface area contributed by atoms with E-state index in [1.54, 1.807) is 0 Å². The van der Waals surface area contributed by atoms with Gasteiger partial charge in [0.05, 0.1) is 0 Å². The van der Waals surface area contributed by atoms with E-state index in [0.717, 1.165) is 11.5 Å². The van der Waals surface area contributed by atoms with Crippen molar-refractivity contribution in [3.63, 3.8) is 0 Å². The van der Waals surface area contributed by atoms with Crippen molar-refractivity contribution in [1.82, 2.24) is 0 Å². The van der Waals surface area contributed by atoms with Crippen LogP contribution in [0, 0.1) is 0 Å². The van der Waals surface area contributed by atoms with Crippen molar-refractivity contribution in [1.29, 1.82) is 0 Å². The molecule has 2 heteroatoms. The zero-order chi connectivity index (χ0) is 22.7. The molecule has 0 unspecified atom stereocenters. The van der Waals surface area contributed by atoms with Crippen LogP contribution in [0.1, 0.15) is 22.3 Å². The van der Waals surface area contributed by atoms with Crippen molar-refractivity contribution in [2.75, 3.05) is 11.5 Å². The van der Waals surface area contributed by atoms with E-state index in [4.69, 9.17) is 0 Å². The first kappa shape index (κ1) is 21.3. The maximum absolute atomic E-state index is 2.26. The van der Waals surface area contributed by atoms with Crippen molar-refractivity contribution in [3.8, 4) is 0 Å². The van der Waals surface area contributed by atoms with Crippen LogP contribution in [-0.4, -0.2) is 11.5 Å². The molecular formula is C32H24S2. The Hall–Kier alpha value is -3.20. The van der Waals surface area contributed by atoms with Gasteiger partial charge in [0.25, 0.3) is 0 Å². The molecule has 0 amide bonds. The van der Waals surface area contributed by atoms with E-state index in [1.807, 2.05) is 23.5 Å². The number of allylic oxidation sites excluding steroid dienone is 4. The van der Waals surface area contributed by atoms with E-state index >= 15 is 0 Å². The Bertz CT molecular complexity index is 1290.